The highest BCUT2D eigenvalue weighted by atomic mass is 32.1. The summed E-state index contributed by atoms with van der Waals surface area (Å²) in [4.78, 5) is 13.5. The average Bonchev–Trinajstić information content (AvgIpc) is 2.76. The molecule has 1 heterocycles. The van der Waals surface area contributed by atoms with Crippen LogP contribution >= 0.6 is 11.3 Å². The van der Waals surface area contributed by atoms with Crippen molar-refractivity contribution in [3.8, 4) is 0 Å². The van der Waals surface area contributed by atoms with Gasteiger partial charge in [0.2, 0.25) is 10.1 Å². The third-order valence-electron chi connectivity index (χ3n) is 1.97. The topological polar surface area (TPSA) is 78.3 Å². The van der Waals surface area contributed by atoms with Crippen molar-refractivity contribution in [1.29, 1.82) is 0 Å². The average molecular weight is 244 g/mol. The summed E-state index contributed by atoms with van der Waals surface area (Å²) in [7, 11) is 1.73. The van der Waals surface area contributed by atoms with Crippen molar-refractivity contribution in [1.82, 2.24) is 15.1 Å². The first-order valence-electron chi connectivity index (χ1n) is 5.14. The number of carbonyl (C=O) groups excluding carboxylic acids is 1. The molecule has 16 heavy (non-hydrogen) atoms. The van der Waals surface area contributed by atoms with E-state index in [-0.39, 0.29) is 12.5 Å². The number of carbonyl (C=O) groups is 1. The van der Waals surface area contributed by atoms with Crippen molar-refractivity contribution in [2.75, 3.05) is 32.1 Å². The van der Waals surface area contributed by atoms with Crippen LogP contribution in [-0.4, -0.2) is 52.9 Å². The fourth-order valence-electron chi connectivity index (χ4n) is 1.25. The number of anilines is 1. The molecule has 1 amide bonds. The highest BCUT2D eigenvalue weighted by molar-refractivity contribution is 7.17. The number of aromatic nitrogens is 2. The Labute approximate surface area is 98.3 Å². The third-order valence-corrected chi connectivity index (χ3v) is 2.90. The number of aliphatic hydroxyl groups is 1. The summed E-state index contributed by atoms with van der Waals surface area (Å²) in [6.45, 7) is 2.90. The summed E-state index contributed by atoms with van der Waals surface area (Å²) in [5.41, 5.74) is 0. The van der Waals surface area contributed by atoms with Crippen LogP contribution < -0.4 is 5.32 Å². The molecular weight excluding hydrogens is 228 g/mol. The Hall–Kier alpha value is -1.21. The summed E-state index contributed by atoms with van der Waals surface area (Å²) in [6.07, 6.45) is 0.851. The summed E-state index contributed by atoms with van der Waals surface area (Å²) in [5.74, 6) is -0.171. The minimum absolute atomic E-state index is 0.0383. The second-order valence-electron chi connectivity index (χ2n) is 3.18. The number of hydrogen-bond acceptors (Lipinski definition) is 6. The summed E-state index contributed by atoms with van der Waals surface area (Å²) in [6, 6.07) is 0. The van der Waals surface area contributed by atoms with Gasteiger partial charge in [0.25, 0.3) is 5.91 Å². The molecular formula is C9H16N4O2S. The van der Waals surface area contributed by atoms with Crippen molar-refractivity contribution in [2.45, 2.75) is 13.3 Å². The van der Waals surface area contributed by atoms with Gasteiger partial charge in [-0.2, -0.15) is 0 Å². The van der Waals surface area contributed by atoms with Gasteiger partial charge < -0.3 is 15.3 Å². The van der Waals surface area contributed by atoms with Gasteiger partial charge in [-0.1, -0.05) is 18.3 Å². The predicted molar refractivity (Wildman–Crippen MR) is 62.7 cm³/mol. The smallest absolute Gasteiger partial charge is 0.284 e. The molecule has 2 N–H and O–H groups in total. The van der Waals surface area contributed by atoms with Gasteiger partial charge in [-0.3, -0.25) is 4.79 Å². The minimum Gasteiger partial charge on any atom is -0.395 e. The highest BCUT2D eigenvalue weighted by Crippen LogP contribution is 2.16. The molecule has 0 atom stereocenters. The van der Waals surface area contributed by atoms with E-state index in [1.807, 2.05) is 6.92 Å². The van der Waals surface area contributed by atoms with E-state index in [4.69, 9.17) is 5.11 Å². The second-order valence-corrected chi connectivity index (χ2v) is 4.16. The van der Waals surface area contributed by atoms with Crippen molar-refractivity contribution in [3.63, 3.8) is 0 Å². The Kier molecular flexibility index (Phi) is 5.13. The molecule has 0 unspecified atom stereocenters. The summed E-state index contributed by atoms with van der Waals surface area (Å²) in [5, 5.41) is 20.3. The van der Waals surface area contributed by atoms with Gasteiger partial charge in [0.05, 0.1) is 6.61 Å². The standard InChI is InChI=1S/C9H16N4O2S/c1-3-4-13(5-6-14)8(15)7-11-12-9(10-2)16-7/h14H,3-6H2,1-2H3,(H,10,12). The van der Waals surface area contributed by atoms with Crippen LogP contribution in [0.15, 0.2) is 0 Å². The molecule has 0 aliphatic carbocycles. The van der Waals surface area contributed by atoms with Crippen LogP contribution in [0.2, 0.25) is 0 Å². The number of amides is 1. The SMILES string of the molecule is CCCN(CCO)C(=O)c1nnc(NC)s1. The summed E-state index contributed by atoms with van der Waals surface area (Å²) < 4.78 is 0. The molecule has 0 radical (unpaired) electrons. The van der Waals surface area contributed by atoms with E-state index < -0.39 is 0 Å². The first kappa shape index (κ1) is 12.9. The number of nitrogens with zero attached hydrogens (tertiary/aromatic N) is 3. The lowest BCUT2D eigenvalue weighted by molar-refractivity contribution is 0.0720. The van der Waals surface area contributed by atoms with Gasteiger partial charge in [-0.25, -0.2) is 0 Å². The maximum absolute atomic E-state index is 11.9. The maximum atomic E-state index is 11.9. The maximum Gasteiger partial charge on any atom is 0.284 e. The fourth-order valence-corrected chi connectivity index (χ4v) is 1.92. The van der Waals surface area contributed by atoms with Gasteiger partial charge in [0.15, 0.2) is 0 Å². The van der Waals surface area contributed by atoms with Crippen LogP contribution in [0, 0.1) is 0 Å². The molecule has 7 heteroatoms. The number of rotatable bonds is 6. The lowest BCUT2D eigenvalue weighted by atomic mass is 10.4. The number of hydrogen-bond donors (Lipinski definition) is 2. The Balaban J connectivity index is 2.72. The molecule has 0 bridgehead atoms. The lowest BCUT2D eigenvalue weighted by Crippen LogP contribution is -2.34. The zero-order valence-corrected chi connectivity index (χ0v) is 10.3. The Morgan fingerprint density at radius 3 is 2.75 bits per heavy atom. The Morgan fingerprint density at radius 1 is 1.50 bits per heavy atom. The van der Waals surface area contributed by atoms with Crippen LogP contribution in [0.5, 0.6) is 0 Å². The quantitative estimate of drug-likeness (QED) is 0.758. The van der Waals surface area contributed by atoms with E-state index in [0.717, 1.165) is 6.42 Å². The predicted octanol–water partition coefficient (Wildman–Crippen LogP) is 0.424. The largest absolute Gasteiger partial charge is 0.395 e. The van der Waals surface area contributed by atoms with Gasteiger partial charge in [-0.05, 0) is 6.42 Å². The van der Waals surface area contributed by atoms with Crippen molar-refractivity contribution in [2.24, 2.45) is 0 Å². The van der Waals surface area contributed by atoms with Crippen LogP contribution in [0.3, 0.4) is 0 Å². The zero-order chi connectivity index (χ0) is 12.0. The lowest BCUT2D eigenvalue weighted by Gasteiger charge is -2.19. The van der Waals surface area contributed by atoms with Gasteiger partial charge in [-0.15, -0.1) is 10.2 Å². The molecule has 0 aromatic carbocycles. The molecule has 1 aromatic heterocycles. The highest BCUT2D eigenvalue weighted by Gasteiger charge is 2.18. The molecule has 0 aliphatic rings. The molecule has 0 fully saturated rings. The van der Waals surface area contributed by atoms with Crippen LogP contribution in [0.4, 0.5) is 5.13 Å². The van der Waals surface area contributed by atoms with Gasteiger partial charge >= 0.3 is 0 Å². The zero-order valence-electron chi connectivity index (χ0n) is 9.43. The van der Waals surface area contributed by atoms with Crippen molar-refractivity contribution in [3.05, 3.63) is 5.01 Å². The third kappa shape index (κ3) is 3.14. The van der Waals surface area contributed by atoms with Crippen molar-refractivity contribution >= 4 is 22.4 Å². The Bertz CT molecular complexity index is 336. The molecule has 0 saturated heterocycles. The van der Waals surface area contributed by atoms with Crippen LogP contribution in [0.1, 0.15) is 23.1 Å². The summed E-state index contributed by atoms with van der Waals surface area (Å²) >= 11 is 1.21. The van der Waals surface area contributed by atoms with E-state index in [2.05, 4.69) is 15.5 Å². The van der Waals surface area contributed by atoms with E-state index >= 15 is 0 Å². The van der Waals surface area contributed by atoms with E-state index in [1.54, 1.807) is 11.9 Å². The second kappa shape index (κ2) is 6.39. The first-order valence-corrected chi connectivity index (χ1v) is 5.96. The molecule has 90 valence electrons. The first-order chi connectivity index (χ1) is 7.72. The molecule has 0 spiro atoms. The molecule has 0 aliphatic heterocycles. The van der Waals surface area contributed by atoms with Crippen molar-refractivity contribution < 1.29 is 9.90 Å². The fraction of sp³-hybridized carbons (Fsp3) is 0.667. The molecule has 1 rings (SSSR count). The van der Waals surface area contributed by atoms with E-state index in [1.165, 1.54) is 11.3 Å². The number of nitrogens with one attached hydrogen (secondary N) is 1. The van der Waals surface area contributed by atoms with Gasteiger partial charge in [0.1, 0.15) is 0 Å². The number of aliphatic hydroxyl groups excluding tert-OH is 1. The molecule has 6 nitrogen and oxygen atoms in total. The van der Waals surface area contributed by atoms with Crippen LogP contribution in [-0.2, 0) is 0 Å². The Morgan fingerprint density at radius 2 is 2.25 bits per heavy atom. The normalized spacial score (nSPS) is 10.2. The monoisotopic (exact) mass is 244 g/mol. The van der Waals surface area contributed by atoms with E-state index in [9.17, 15) is 4.79 Å². The van der Waals surface area contributed by atoms with E-state index in [0.29, 0.717) is 23.2 Å². The van der Waals surface area contributed by atoms with Gasteiger partial charge in [0, 0.05) is 20.1 Å². The van der Waals surface area contributed by atoms with Crippen LogP contribution in [0.25, 0.3) is 0 Å². The molecule has 1 aromatic rings. The minimum atomic E-state index is -0.171. The molecule has 0 saturated carbocycles.